The molecule has 1 aromatic rings. The van der Waals surface area contributed by atoms with E-state index < -0.39 is 10.0 Å². The summed E-state index contributed by atoms with van der Waals surface area (Å²) in [6.07, 6.45) is 3.74. The number of likely N-dealkylation sites (tertiary alicyclic amines) is 1. The lowest BCUT2D eigenvalue weighted by Gasteiger charge is -2.37. The molecule has 1 unspecified atom stereocenters. The number of nitrogens with zero attached hydrogens (tertiary/aromatic N) is 1. The van der Waals surface area contributed by atoms with Gasteiger partial charge in [-0.15, -0.1) is 0 Å². The van der Waals surface area contributed by atoms with Crippen molar-refractivity contribution in [3.8, 4) is 0 Å². The summed E-state index contributed by atoms with van der Waals surface area (Å²) < 4.78 is 27.4. The van der Waals surface area contributed by atoms with E-state index in [0.717, 1.165) is 18.7 Å². The summed E-state index contributed by atoms with van der Waals surface area (Å²) in [5.74, 6) is 0.496. The van der Waals surface area contributed by atoms with Crippen molar-refractivity contribution in [2.24, 2.45) is 5.92 Å². The number of sulfonamides is 1. The predicted octanol–water partition coefficient (Wildman–Crippen LogP) is 2.62. The van der Waals surface area contributed by atoms with Crippen molar-refractivity contribution in [1.29, 1.82) is 0 Å². The Labute approximate surface area is 135 Å². The van der Waals surface area contributed by atoms with E-state index >= 15 is 0 Å². The van der Waals surface area contributed by atoms with Gasteiger partial charge in [0.15, 0.2) is 0 Å². The Morgan fingerprint density at radius 2 is 1.73 bits per heavy atom. The summed E-state index contributed by atoms with van der Waals surface area (Å²) in [5.41, 5.74) is 0.828. The van der Waals surface area contributed by atoms with E-state index in [2.05, 4.69) is 23.5 Å². The van der Waals surface area contributed by atoms with E-state index in [4.69, 9.17) is 0 Å². The van der Waals surface area contributed by atoms with Gasteiger partial charge >= 0.3 is 0 Å². The van der Waals surface area contributed by atoms with Gasteiger partial charge in [-0.1, -0.05) is 50.6 Å². The van der Waals surface area contributed by atoms with Gasteiger partial charge in [-0.25, -0.2) is 13.1 Å². The highest BCUT2D eigenvalue weighted by atomic mass is 32.2. The van der Waals surface area contributed by atoms with Gasteiger partial charge in [0.1, 0.15) is 0 Å². The summed E-state index contributed by atoms with van der Waals surface area (Å²) in [5, 5.41) is 0. The lowest BCUT2D eigenvalue weighted by molar-refractivity contribution is 0.130. The summed E-state index contributed by atoms with van der Waals surface area (Å²) in [6, 6.07) is 9.62. The van der Waals surface area contributed by atoms with Crippen LogP contribution in [0.25, 0.3) is 0 Å². The average molecular weight is 324 g/mol. The van der Waals surface area contributed by atoms with Crippen LogP contribution < -0.4 is 4.72 Å². The maximum Gasteiger partial charge on any atom is 0.215 e. The first kappa shape index (κ1) is 17.4. The zero-order valence-electron chi connectivity index (χ0n) is 13.7. The molecule has 5 heteroatoms. The molecule has 1 aromatic carbocycles. The first-order valence-corrected chi connectivity index (χ1v) is 9.88. The number of rotatable bonds is 7. The topological polar surface area (TPSA) is 49.4 Å². The van der Waals surface area contributed by atoms with E-state index in [1.54, 1.807) is 0 Å². The van der Waals surface area contributed by atoms with Crippen LogP contribution in [0, 0.1) is 5.92 Å². The van der Waals surface area contributed by atoms with Crippen molar-refractivity contribution in [2.75, 3.05) is 19.6 Å². The van der Waals surface area contributed by atoms with E-state index in [1.165, 1.54) is 19.3 Å². The number of piperidine rings is 1. The van der Waals surface area contributed by atoms with E-state index in [1.807, 2.05) is 30.3 Å². The molecule has 0 aromatic heterocycles. The first-order valence-electron chi connectivity index (χ1n) is 8.23. The van der Waals surface area contributed by atoms with Crippen LogP contribution in [-0.4, -0.2) is 39.0 Å². The third-order valence-corrected chi connectivity index (χ3v) is 5.66. The number of hydrogen-bond donors (Lipinski definition) is 1. The lowest BCUT2D eigenvalue weighted by atomic mass is 9.99. The van der Waals surface area contributed by atoms with Crippen molar-refractivity contribution in [3.63, 3.8) is 0 Å². The number of hydrogen-bond acceptors (Lipinski definition) is 3. The van der Waals surface area contributed by atoms with Crippen molar-refractivity contribution in [3.05, 3.63) is 35.9 Å². The SMILES string of the molecule is CC(C)C(CNS(=O)(=O)Cc1ccccc1)N1CCCCC1. The van der Waals surface area contributed by atoms with Crippen LogP contribution in [-0.2, 0) is 15.8 Å². The van der Waals surface area contributed by atoms with Crippen LogP contribution in [0.15, 0.2) is 30.3 Å². The third-order valence-electron chi connectivity index (χ3n) is 4.34. The van der Waals surface area contributed by atoms with Gasteiger partial charge in [0.05, 0.1) is 5.75 Å². The van der Waals surface area contributed by atoms with Crippen LogP contribution in [0.1, 0.15) is 38.7 Å². The molecule has 1 atom stereocenters. The second-order valence-electron chi connectivity index (χ2n) is 6.50. The summed E-state index contributed by atoms with van der Waals surface area (Å²) in [7, 11) is -3.28. The minimum atomic E-state index is -3.28. The van der Waals surface area contributed by atoms with Gasteiger partial charge in [0.2, 0.25) is 10.0 Å². The average Bonchev–Trinajstić information content (AvgIpc) is 2.48. The lowest BCUT2D eigenvalue weighted by Crippen LogP contribution is -2.48. The quantitative estimate of drug-likeness (QED) is 0.839. The molecule has 4 nitrogen and oxygen atoms in total. The molecule has 0 bridgehead atoms. The summed E-state index contributed by atoms with van der Waals surface area (Å²) in [6.45, 7) is 7.02. The Balaban J connectivity index is 1.93. The van der Waals surface area contributed by atoms with Crippen LogP contribution in [0.2, 0.25) is 0 Å². The number of benzene rings is 1. The standard InChI is InChI=1S/C17H28N2O2S/c1-15(2)17(19-11-7-4-8-12-19)13-18-22(20,21)14-16-9-5-3-6-10-16/h3,5-6,9-10,15,17-18H,4,7-8,11-14H2,1-2H3. The van der Waals surface area contributed by atoms with Crippen molar-refractivity contribution < 1.29 is 8.42 Å². The monoisotopic (exact) mass is 324 g/mol. The molecule has 1 fully saturated rings. The molecule has 0 radical (unpaired) electrons. The highest BCUT2D eigenvalue weighted by molar-refractivity contribution is 7.88. The highest BCUT2D eigenvalue weighted by Gasteiger charge is 2.25. The fraction of sp³-hybridized carbons (Fsp3) is 0.647. The first-order chi connectivity index (χ1) is 10.5. The highest BCUT2D eigenvalue weighted by Crippen LogP contribution is 2.17. The van der Waals surface area contributed by atoms with Crippen LogP contribution in [0.3, 0.4) is 0 Å². The Hall–Kier alpha value is -0.910. The minimum Gasteiger partial charge on any atom is -0.299 e. The molecule has 124 valence electrons. The molecule has 1 N–H and O–H groups in total. The Kier molecular flexibility index (Phi) is 6.41. The van der Waals surface area contributed by atoms with Gasteiger partial charge in [-0.3, -0.25) is 4.90 Å². The van der Waals surface area contributed by atoms with Crippen LogP contribution in [0.4, 0.5) is 0 Å². The molecule has 0 spiro atoms. The smallest absolute Gasteiger partial charge is 0.215 e. The van der Waals surface area contributed by atoms with E-state index in [0.29, 0.717) is 12.5 Å². The Bertz CT molecular complexity index is 537. The van der Waals surface area contributed by atoms with Crippen LogP contribution >= 0.6 is 0 Å². The molecule has 2 rings (SSSR count). The maximum absolute atomic E-state index is 12.3. The molecule has 0 saturated carbocycles. The van der Waals surface area contributed by atoms with Crippen LogP contribution in [0.5, 0.6) is 0 Å². The molecule has 0 aliphatic carbocycles. The van der Waals surface area contributed by atoms with E-state index in [-0.39, 0.29) is 11.8 Å². The van der Waals surface area contributed by atoms with Gasteiger partial charge < -0.3 is 0 Å². The van der Waals surface area contributed by atoms with Gasteiger partial charge in [0, 0.05) is 12.6 Å². The molecule has 22 heavy (non-hydrogen) atoms. The zero-order valence-corrected chi connectivity index (χ0v) is 14.5. The molecular weight excluding hydrogens is 296 g/mol. The van der Waals surface area contributed by atoms with Crippen molar-refractivity contribution in [1.82, 2.24) is 9.62 Å². The fourth-order valence-electron chi connectivity index (χ4n) is 3.09. The molecule has 1 saturated heterocycles. The Morgan fingerprint density at radius 1 is 1.09 bits per heavy atom. The van der Waals surface area contributed by atoms with Crippen molar-refractivity contribution in [2.45, 2.75) is 44.9 Å². The number of nitrogens with one attached hydrogen (secondary N) is 1. The third kappa shape index (κ3) is 5.38. The summed E-state index contributed by atoms with van der Waals surface area (Å²) in [4.78, 5) is 2.44. The molecular formula is C17H28N2O2S. The fourth-order valence-corrected chi connectivity index (χ4v) is 4.25. The van der Waals surface area contributed by atoms with Gasteiger partial charge in [0.25, 0.3) is 0 Å². The zero-order chi connectivity index (χ0) is 16.0. The second kappa shape index (κ2) is 8.09. The molecule has 0 amide bonds. The normalized spacial score (nSPS) is 18.5. The summed E-state index contributed by atoms with van der Waals surface area (Å²) >= 11 is 0. The minimum absolute atomic E-state index is 0.0542. The van der Waals surface area contributed by atoms with Gasteiger partial charge in [-0.05, 0) is 37.4 Å². The maximum atomic E-state index is 12.3. The molecule has 1 aliphatic heterocycles. The van der Waals surface area contributed by atoms with Crippen molar-refractivity contribution >= 4 is 10.0 Å². The molecule has 1 heterocycles. The molecule has 1 aliphatic rings. The van der Waals surface area contributed by atoms with Gasteiger partial charge in [-0.2, -0.15) is 0 Å². The predicted molar refractivity (Wildman–Crippen MR) is 91.1 cm³/mol. The second-order valence-corrected chi connectivity index (χ2v) is 8.31. The Morgan fingerprint density at radius 3 is 2.32 bits per heavy atom. The van der Waals surface area contributed by atoms with E-state index in [9.17, 15) is 8.42 Å². The largest absolute Gasteiger partial charge is 0.299 e.